The van der Waals surface area contributed by atoms with Crippen LogP contribution in [-0.2, 0) is 6.42 Å². The summed E-state index contributed by atoms with van der Waals surface area (Å²) in [4.78, 5) is 2.28. The van der Waals surface area contributed by atoms with Crippen LogP contribution < -0.4 is 10.5 Å². The second-order valence-electron chi connectivity index (χ2n) is 9.57. The number of hydrogen-bond donors (Lipinski definition) is 2. The first kappa shape index (κ1) is 23.4. The van der Waals surface area contributed by atoms with E-state index in [1.807, 2.05) is 18.2 Å². The molecule has 0 bridgehead atoms. The number of anilines is 1. The number of phenolic OH excluding ortho intramolecular Hbond substituents is 1. The molecule has 1 saturated heterocycles. The van der Waals surface area contributed by atoms with Crippen molar-refractivity contribution >= 4 is 16.8 Å². The summed E-state index contributed by atoms with van der Waals surface area (Å²) in [5.41, 5.74) is 14.2. The van der Waals surface area contributed by atoms with Crippen LogP contribution in [0.4, 0.5) is 10.1 Å². The molecule has 3 aromatic carbocycles. The zero-order chi connectivity index (χ0) is 24.2. The SMILES string of the molecule is Nc1ccc2c(c1)CCCC(c1ccc(O)cc1)=C2c1ccc(OC2CCN(CCCF)C2)cc1. The van der Waals surface area contributed by atoms with E-state index in [0.29, 0.717) is 6.42 Å². The standard InChI is InChI=1S/C30H33FN2O2/c31-16-2-17-33-18-15-27(20-33)35-26-12-7-22(8-13-26)30-28(21-5-10-25(34)11-6-21)4-1-3-23-19-24(32)9-14-29(23)30/h5-14,19,27,34H,1-4,15-18,20,32H2. The van der Waals surface area contributed by atoms with E-state index in [1.165, 1.54) is 22.3 Å². The van der Waals surface area contributed by atoms with Gasteiger partial charge >= 0.3 is 0 Å². The predicted octanol–water partition coefficient (Wildman–Crippen LogP) is 6.08. The molecular weight excluding hydrogens is 439 g/mol. The summed E-state index contributed by atoms with van der Waals surface area (Å²) in [6.07, 6.45) is 4.68. The van der Waals surface area contributed by atoms with Gasteiger partial charge in [-0.1, -0.05) is 30.3 Å². The first-order valence-electron chi connectivity index (χ1n) is 12.6. The van der Waals surface area contributed by atoms with Gasteiger partial charge in [0, 0.05) is 25.3 Å². The molecule has 5 heteroatoms. The van der Waals surface area contributed by atoms with Crippen molar-refractivity contribution in [3.63, 3.8) is 0 Å². The first-order valence-corrected chi connectivity index (χ1v) is 12.6. The van der Waals surface area contributed by atoms with Crippen LogP contribution >= 0.6 is 0 Å². The molecule has 0 saturated carbocycles. The number of alkyl halides is 1. The number of hydrogen-bond acceptors (Lipinski definition) is 4. The Morgan fingerprint density at radius 2 is 1.74 bits per heavy atom. The summed E-state index contributed by atoms with van der Waals surface area (Å²) in [5, 5.41) is 9.82. The molecule has 1 aliphatic heterocycles. The van der Waals surface area contributed by atoms with Gasteiger partial charge in [0.25, 0.3) is 0 Å². The summed E-state index contributed by atoms with van der Waals surface area (Å²) in [7, 11) is 0. The highest BCUT2D eigenvalue weighted by atomic mass is 19.1. The minimum atomic E-state index is -0.263. The van der Waals surface area contributed by atoms with Crippen molar-refractivity contribution in [2.24, 2.45) is 0 Å². The van der Waals surface area contributed by atoms with E-state index >= 15 is 0 Å². The third kappa shape index (κ3) is 5.35. The van der Waals surface area contributed by atoms with Crippen molar-refractivity contribution in [3.05, 3.63) is 89.0 Å². The zero-order valence-corrected chi connectivity index (χ0v) is 20.1. The molecule has 4 nitrogen and oxygen atoms in total. The molecule has 5 rings (SSSR count). The maximum absolute atomic E-state index is 12.5. The van der Waals surface area contributed by atoms with Gasteiger partial charge in [-0.05, 0) is 102 Å². The minimum Gasteiger partial charge on any atom is -0.508 e. The molecule has 1 atom stereocenters. The van der Waals surface area contributed by atoms with Crippen molar-refractivity contribution in [2.75, 3.05) is 32.0 Å². The number of ether oxygens (including phenoxy) is 1. The number of nitrogens with two attached hydrogens (primary N) is 1. The van der Waals surface area contributed by atoms with Gasteiger partial charge in [-0.25, -0.2) is 0 Å². The van der Waals surface area contributed by atoms with Crippen LogP contribution in [0.3, 0.4) is 0 Å². The van der Waals surface area contributed by atoms with E-state index in [0.717, 1.165) is 67.9 Å². The lowest BCUT2D eigenvalue weighted by molar-refractivity contribution is 0.198. The van der Waals surface area contributed by atoms with E-state index in [2.05, 4.69) is 41.3 Å². The van der Waals surface area contributed by atoms with E-state index in [4.69, 9.17) is 10.5 Å². The van der Waals surface area contributed by atoms with Crippen LogP contribution in [0.5, 0.6) is 11.5 Å². The van der Waals surface area contributed by atoms with Gasteiger partial charge in [0.15, 0.2) is 0 Å². The number of likely N-dealkylation sites (tertiary alicyclic amines) is 1. The number of benzene rings is 3. The van der Waals surface area contributed by atoms with Crippen molar-refractivity contribution in [3.8, 4) is 11.5 Å². The normalized spacial score (nSPS) is 18.4. The highest BCUT2D eigenvalue weighted by Crippen LogP contribution is 2.41. The van der Waals surface area contributed by atoms with Gasteiger partial charge in [-0.15, -0.1) is 0 Å². The van der Waals surface area contributed by atoms with Crippen LogP contribution in [0.2, 0.25) is 0 Å². The van der Waals surface area contributed by atoms with Crippen LogP contribution in [0.25, 0.3) is 11.1 Å². The third-order valence-electron chi connectivity index (χ3n) is 7.07. The smallest absolute Gasteiger partial charge is 0.119 e. The number of nitrogens with zero attached hydrogens (tertiary/aromatic N) is 1. The maximum atomic E-state index is 12.5. The average Bonchev–Trinajstić information content (AvgIpc) is 3.22. The van der Waals surface area contributed by atoms with Gasteiger partial charge < -0.3 is 15.6 Å². The quantitative estimate of drug-likeness (QED) is 0.409. The molecule has 3 N–H and O–H groups in total. The Balaban J connectivity index is 1.46. The molecule has 0 aromatic heterocycles. The summed E-state index contributed by atoms with van der Waals surface area (Å²) in [6.45, 7) is 2.35. The minimum absolute atomic E-state index is 0.147. The second-order valence-corrected chi connectivity index (χ2v) is 9.57. The van der Waals surface area contributed by atoms with Crippen molar-refractivity contribution in [2.45, 2.75) is 38.2 Å². The predicted molar refractivity (Wildman–Crippen MR) is 140 cm³/mol. The average molecular weight is 473 g/mol. The number of halogens is 1. The molecule has 0 amide bonds. The lowest BCUT2D eigenvalue weighted by Crippen LogP contribution is -2.26. The number of aromatic hydroxyl groups is 1. The Hall–Kier alpha value is -3.31. The van der Waals surface area contributed by atoms with Gasteiger partial charge in [0.1, 0.15) is 17.6 Å². The molecule has 1 aliphatic carbocycles. The number of nitrogen functional groups attached to an aromatic ring is 1. The maximum Gasteiger partial charge on any atom is 0.119 e. The van der Waals surface area contributed by atoms with Gasteiger partial charge in [0.2, 0.25) is 0 Å². The fourth-order valence-corrected chi connectivity index (χ4v) is 5.36. The fourth-order valence-electron chi connectivity index (χ4n) is 5.36. The molecule has 1 unspecified atom stereocenters. The van der Waals surface area contributed by atoms with Crippen LogP contribution in [0.1, 0.15) is 47.9 Å². The Morgan fingerprint density at radius 3 is 2.51 bits per heavy atom. The highest BCUT2D eigenvalue weighted by Gasteiger charge is 2.24. The van der Waals surface area contributed by atoms with E-state index in [-0.39, 0.29) is 18.5 Å². The number of allylic oxidation sites excluding steroid dienone is 1. The van der Waals surface area contributed by atoms with E-state index in [1.54, 1.807) is 12.1 Å². The summed E-state index contributed by atoms with van der Waals surface area (Å²) >= 11 is 0. The molecule has 1 heterocycles. The number of phenols is 1. The lowest BCUT2D eigenvalue weighted by atomic mass is 9.87. The van der Waals surface area contributed by atoms with Crippen LogP contribution in [-0.4, -0.2) is 42.4 Å². The van der Waals surface area contributed by atoms with E-state index in [9.17, 15) is 9.50 Å². The molecule has 1 fully saturated rings. The van der Waals surface area contributed by atoms with Gasteiger partial charge in [0.05, 0.1) is 6.67 Å². The molecule has 0 spiro atoms. The lowest BCUT2D eigenvalue weighted by Gasteiger charge is -2.19. The van der Waals surface area contributed by atoms with Gasteiger partial charge in [-0.3, -0.25) is 9.29 Å². The van der Waals surface area contributed by atoms with Crippen molar-refractivity contribution in [1.29, 1.82) is 0 Å². The Labute approximate surface area is 206 Å². The summed E-state index contributed by atoms with van der Waals surface area (Å²) < 4.78 is 18.8. The van der Waals surface area contributed by atoms with Crippen molar-refractivity contribution < 1.29 is 14.2 Å². The molecular formula is C30H33FN2O2. The fraction of sp³-hybridized carbons (Fsp3) is 0.333. The molecule has 35 heavy (non-hydrogen) atoms. The third-order valence-corrected chi connectivity index (χ3v) is 7.07. The van der Waals surface area contributed by atoms with Crippen LogP contribution in [0.15, 0.2) is 66.7 Å². The zero-order valence-electron chi connectivity index (χ0n) is 20.1. The Morgan fingerprint density at radius 1 is 0.971 bits per heavy atom. The van der Waals surface area contributed by atoms with Crippen molar-refractivity contribution in [1.82, 2.24) is 4.90 Å². The Kier molecular flexibility index (Phi) is 7.05. The topological polar surface area (TPSA) is 58.7 Å². The number of rotatable bonds is 7. The summed E-state index contributed by atoms with van der Waals surface area (Å²) in [5.74, 6) is 1.14. The molecule has 3 aromatic rings. The number of aryl methyl sites for hydroxylation is 1. The van der Waals surface area contributed by atoms with Crippen LogP contribution in [0, 0.1) is 0 Å². The molecule has 182 valence electrons. The second kappa shape index (κ2) is 10.5. The van der Waals surface area contributed by atoms with Gasteiger partial charge in [-0.2, -0.15) is 0 Å². The first-order chi connectivity index (χ1) is 17.1. The van der Waals surface area contributed by atoms with E-state index < -0.39 is 0 Å². The Bertz CT molecular complexity index is 1190. The largest absolute Gasteiger partial charge is 0.508 e. The molecule has 2 aliphatic rings. The summed E-state index contributed by atoms with van der Waals surface area (Å²) in [6, 6.07) is 22.1. The number of fused-ring (bicyclic) bond motifs is 1. The monoisotopic (exact) mass is 472 g/mol. The molecule has 0 radical (unpaired) electrons. The highest BCUT2D eigenvalue weighted by molar-refractivity contribution is 6.00.